The molecule has 1 fully saturated rings. The number of anilines is 1. The van der Waals surface area contributed by atoms with Gasteiger partial charge >= 0.3 is 0 Å². The van der Waals surface area contributed by atoms with Crippen LogP contribution in [0.4, 0.5) is 5.69 Å². The highest BCUT2D eigenvalue weighted by Gasteiger charge is 2.43. The molecule has 0 N–H and O–H groups in total. The van der Waals surface area contributed by atoms with Crippen LogP contribution in [0.1, 0.15) is 18.4 Å². The summed E-state index contributed by atoms with van der Waals surface area (Å²) in [6, 6.07) is 21.7. The van der Waals surface area contributed by atoms with Crippen molar-refractivity contribution in [2.75, 3.05) is 18.1 Å². The van der Waals surface area contributed by atoms with Gasteiger partial charge in [-0.05, 0) is 50.2 Å². The zero-order valence-corrected chi connectivity index (χ0v) is 15.5. The van der Waals surface area contributed by atoms with Crippen molar-refractivity contribution in [2.24, 2.45) is 0 Å². The van der Waals surface area contributed by atoms with E-state index in [2.05, 4.69) is 85.2 Å². The van der Waals surface area contributed by atoms with E-state index in [1.165, 1.54) is 17.7 Å². The third-order valence-electron chi connectivity index (χ3n) is 4.61. The molecule has 0 radical (unpaired) electrons. The predicted octanol–water partition coefficient (Wildman–Crippen LogP) is 5.03. The molecule has 122 valence electrons. The molecule has 1 unspecified atom stereocenters. The number of hydrogen-bond acceptors (Lipinski definition) is 2. The molecule has 1 atom stereocenters. The van der Waals surface area contributed by atoms with Gasteiger partial charge in [-0.25, -0.2) is 0 Å². The minimum Gasteiger partial charge on any atom is -0.415 e. The monoisotopic (exact) mass is 325 g/mol. The third-order valence-corrected chi connectivity index (χ3v) is 5.62. The van der Waals surface area contributed by atoms with Crippen LogP contribution in [-0.2, 0) is 9.96 Å². The second kappa shape index (κ2) is 6.50. The van der Waals surface area contributed by atoms with Crippen LogP contribution in [0, 0.1) is 0 Å². The lowest BCUT2D eigenvalue weighted by Gasteiger charge is -2.42. The number of nitrogens with zero attached hydrogens (tertiary/aromatic N) is 1. The fourth-order valence-corrected chi connectivity index (χ4v) is 4.15. The summed E-state index contributed by atoms with van der Waals surface area (Å²) in [5, 5.41) is 0. The average molecular weight is 326 g/mol. The summed E-state index contributed by atoms with van der Waals surface area (Å²) < 4.78 is 6.42. The van der Waals surface area contributed by atoms with Gasteiger partial charge in [-0.2, -0.15) is 0 Å². The first kappa shape index (κ1) is 16.3. The van der Waals surface area contributed by atoms with E-state index in [1.807, 2.05) is 0 Å². The maximum atomic E-state index is 6.42. The summed E-state index contributed by atoms with van der Waals surface area (Å²) in [6.45, 7) is 8.68. The van der Waals surface area contributed by atoms with Crippen molar-refractivity contribution < 1.29 is 4.43 Å². The van der Waals surface area contributed by atoms with Gasteiger partial charge in [0.25, 0.3) is 0 Å². The van der Waals surface area contributed by atoms with Crippen LogP contribution in [0.25, 0.3) is 0 Å². The number of para-hydroxylation sites is 1. The first-order chi connectivity index (χ1) is 11.0. The largest absolute Gasteiger partial charge is 0.415 e. The van der Waals surface area contributed by atoms with E-state index in [1.54, 1.807) is 0 Å². The fraction of sp³-hybridized carbons (Fsp3) is 0.400. The van der Waals surface area contributed by atoms with Crippen molar-refractivity contribution in [3.63, 3.8) is 0 Å². The normalized spacial score (nSPS) is 21.6. The van der Waals surface area contributed by atoms with Gasteiger partial charge in [-0.3, -0.25) is 0 Å². The maximum Gasteiger partial charge on any atom is 0.183 e. The van der Waals surface area contributed by atoms with Gasteiger partial charge in [-0.1, -0.05) is 48.5 Å². The molecule has 3 heteroatoms. The highest BCUT2D eigenvalue weighted by molar-refractivity contribution is 6.69. The molecule has 0 bridgehead atoms. The second-order valence-corrected chi connectivity index (χ2v) is 11.9. The predicted molar refractivity (Wildman–Crippen MR) is 100 cm³/mol. The first-order valence-electron chi connectivity index (χ1n) is 8.53. The lowest BCUT2D eigenvalue weighted by atomic mass is 9.87. The van der Waals surface area contributed by atoms with Crippen LogP contribution in [0.3, 0.4) is 0 Å². The van der Waals surface area contributed by atoms with E-state index < -0.39 is 8.32 Å². The van der Waals surface area contributed by atoms with Gasteiger partial charge < -0.3 is 9.33 Å². The molecule has 1 heterocycles. The highest BCUT2D eigenvalue weighted by Crippen LogP contribution is 2.42. The highest BCUT2D eigenvalue weighted by atomic mass is 28.4. The molecular formula is C20H27NOSi. The van der Waals surface area contributed by atoms with E-state index in [0.717, 1.165) is 19.6 Å². The molecule has 0 amide bonds. The van der Waals surface area contributed by atoms with Crippen molar-refractivity contribution in [3.8, 4) is 0 Å². The van der Waals surface area contributed by atoms with Crippen molar-refractivity contribution in [1.29, 1.82) is 0 Å². The van der Waals surface area contributed by atoms with Gasteiger partial charge in [0.1, 0.15) is 0 Å². The van der Waals surface area contributed by atoms with Crippen LogP contribution in [0.2, 0.25) is 19.6 Å². The molecule has 23 heavy (non-hydrogen) atoms. The lowest BCUT2D eigenvalue weighted by Crippen LogP contribution is -2.47. The van der Waals surface area contributed by atoms with E-state index in [4.69, 9.17) is 4.43 Å². The molecule has 1 aliphatic heterocycles. The summed E-state index contributed by atoms with van der Waals surface area (Å²) in [5.41, 5.74) is 2.63. The summed E-state index contributed by atoms with van der Waals surface area (Å²) in [6.07, 6.45) is 2.36. The van der Waals surface area contributed by atoms with Crippen LogP contribution < -0.4 is 4.90 Å². The Morgan fingerprint density at radius 1 is 0.957 bits per heavy atom. The summed E-state index contributed by atoms with van der Waals surface area (Å²) in [5.74, 6) is 0. The van der Waals surface area contributed by atoms with Crippen molar-refractivity contribution in [3.05, 3.63) is 66.2 Å². The number of rotatable bonds is 5. The van der Waals surface area contributed by atoms with Crippen LogP contribution >= 0.6 is 0 Å². The van der Waals surface area contributed by atoms with Gasteiger partial charge in [-0.15, -0.1) is 0 Å². The molecule has 3 rings (SSSR count). The molecule has 0 aromatic heterocycles. The van der Waals surface area contributed by atoms with Crippen molar-refractivity contribution in [2.45, 2.75) is 38.0 Å². The molecule has 0 spiro atoms. The zero-order chi connectivity index (χ0) is 16.3. The van der Waals surface area contributed by atoms with Gasteiger partial charge in [0, 0.05) is 12.2 Å². The van der Waals surface area contributed by atoms with Crippen molar-refractivity contribution in [1.82, 2.24) is 0 Å². The van der Waals surface area contributed by atoms with E-state index >= 15 is 0 Å². The maximum absolute atomic E-state index is 6.42. The Labute approximate surface area is 141 Å². The standard InChI is InChI=1S/C20H27NOSi/c1-23(2,3)22-17-20(18-11-6-4-7-12-18)15-10-16-21(20)19-13-8-5-9-14-19/h4-9,11-14H,10,15-17H2,1-3H3. The Bertz CT molecular complexity index is 623. The fourth-order valence-electron chi connectivity index (χ4n) is 3.48. The molecule has 2 aromatic carbocycles. The molecule has 1 aliphatic rings. The quantitative estimate of drug-likeness (QED) is 0.715. The van der Waals surface area contributed by atoms with Gasteiger partial charge in [0.15, 0.2) is 8.32 Å². The Balaban J connectivity index is 2.01. The topological polar surface area (TPSA) is 12.5 Å². The zero-order valence-electron chi connectivity index (χ0n) is 14.5. The Kier molecular flexibility index (Phi) is 4.60. The molecule has 2 nitrogen and oxygen atoms in total. The second-order valence-electron chi connectivity index (χ2n) is 7.39. The first-order valence-corrected chi connectivity index (χ1v) is 11.9. The summed E-state index contributed by atoms with van der Waals surface area (Å²) >= 11 is 0. The third kappa shape index (κ3) is 3.51. The lowest BCUT2D eigenvalue weighted by molar-refractivity contribution is 0.213. The SMILES string of the molecule is C[Si](C)(C)OCC1(c2ccccc2)CCCN1c1ccccc1. The Morgan fingerprint density at radius 3 is 2.17 bits per heavy atom. The van der Waals surface area contributed by atoms with Crippen LogP contribution in [0.15, 0.2) is 60.7 Å². The average Bonchev–Trinajstić information content (AvgIpc) is 2.99. The molecule has 2 aromatic rings. The molecule has 0 aliphatic carbocycles. The van der Waals surface area contributed by atoms with E-state index in [0.29, 0.717) is 0 Å². The van der Waals surface area contributed by atoms with E-state index in [-0.39, 0.29) is 5.54 Å². The minimum atomic E-state index is -1.56. The number of benzene rings is 2. The van der Waals surface area contributed by atoms with E-state index in [9.17, 15) is 0 Å². The molecular weight excluding hydrogens is 298 g/mol. The molecule has 1 saturated heterocycles. The van der Waals surface area contributed by atoms with Gasteiger partial charge in [0.2, 0.25) is 0 Å². The van der Waals surface area contributed by atoms with Crippen LogP contribution in [-0.4, -0.2) is 21.5 Å². The number of hydrogen-bond donors (Lipinski definition) is 0. The smallest absolute Gasteiger partial charge is 0.183 e. The minimum absolute atomic E-state index is 0.0388. The molecule has 0 saturated carbocycles. The summed E-state index contributed by atoms with van der Waals surface area (Å²) in [4.78, 5) is 2.56. The Hall–Kier alpha value is -1.58. The van der Waals surface area contributed by atoms with Crippen LogP contribution in [0.5, 0.6) is 0 Å². The Morgan fingerprint density at radius 2 is 1.57 bits per heavy atom. The summed E-state index contributed by atoms with van der Waals surface area (Å²) in [7, 11) is -1.56. The van der Waals surface area contributed by atoms with Crippen molar-refractivity contribution >= 4 is 14.0 Å². The van der Waals surface area contributed by atoms with Gasteiger partial charge in [0.05, 0.1) is 12.1 Å².